The second-order valence-corrected chi connectivity index (χ2v) is 5.60. The first-order valence-corrected chi connectivity index (χ1v) is 7.27. The summed E-state index contributed by atoms with van der Waals surface area (Å²) in [7, 11) is 0. The topological polar surface area (TPSA) is 42.0 Å². The Bertz CT molecular complexity index is 635. The number of benzene rings is 1. The molecule has 20 heavy (non-hydrogen) atoms. The standard InChI is InChI=1S/C16H19ClN2O/c1-4-16(3,10-17)19-15(20)13-9-11(2)18-14-8-6-5-7-12(13)14/h5-9H,4,10H2,1-3H3,(H,19,20). The van der Waals surface area contributed by atoms with E-state index in [2.05, 4.69) is 10.3 Å². The van der Waals surface area contributed by atoms with Gasteiger partial charge in [-0.05, 0) is 32.4 Å². The number of fused-ring (bicyclic) bond motifs is 1. The number of amides is 1. The van der Waals surface area contributed by atoms with Crippen LogP contribution >= 0.6 is 11.6 Å². The normalized spacial score (nSPS) is 14.0. The smallest absolute Gasteiger partial charge is 0.252 e. The zero-order valence-corrected chi connectivity index (χ0v) is 12.8. The Morgan fingerprint density at radius 2 is 2.10 bits per heavy atom. The van der Waals surface area contributed by atoms with E-state index in [0.29, 0.717) is 11.4 Å². The van der Waals surface area contributed by atoms with Gasteiger partial charge in [0.05, 0.1) is 16.6 Å². The molecule has 1 N–H and O–H groups in total. The van der Waals surface area contributed by atoms with Gasteiger partial charge in [0.2, 0.25) is 0 Å². The first-order valence-electron chi connectivity index (χ1n) is 6.74. The molecule has 1 amide bonds. The van der Waals surface area contributed by atoms with Crippen LogP contribution in [0.3, 0.4) is 0 Å². The van der Waals surface area contributed by atoms with Gasteiger partial charge in [-0.3, -0.25) is 9.78 Å². The first-order chi connectivity index (χ1) is 9.49. The number of alkyl halides is 1. The highest BCUT2D eigenvalue weighted by Gasteiger charge is 2.24. The van der Waals surface area contributed by atoms with E-state index >= 15 is 0 Å². The predicted octanol–water partition coefficient (Wildman–Crippen LogP) is 3.68. The quantitative estimate of drug-likeness (QED) is 0.873. The van der Waals surface area contributed by atoms with E-state index in [1.54, 1.807) is 0 Å². The van der Waals surface area contributed by atoms with Crippen molar-refractivity contribution in [1.29, 1.82) is 0 Å². The first kappa shape index (κ1) is 14.8. The van der Waals surface area contributed by atoms with Gasteiger partial charge in [-0.1, -0.05) is 25.1 Å². The molecule has 0 fully saturated rings. The third kappa shape index (κ3) is 2.93. The summed E-state index contributed by atoms with van der Waals surface area (Å²) in [6.45, 7) is 5.86. The molecule has 106 valence electrons. The van der Waals surface area contributed by atoms with Crippen LogP contribution in [-0.2, 0) is 0 Å². The molecule has 1 aromatic carbocycles. The highest BCUT2D eigenvalue weighted by Crippen LogP contribution is 2.20. The van der Waals surface area contributed by atoms with Gasteiger partial charge >= 0.3 is 0 Å². The van der Waals surface area contributed by atoms with Gasteiger partial charge in [0, 0.05) is 17.0 Å². The number of pyridine rings is 1. The van der Waals surface area contributed by atoms with Crippen molar-refractivity contribution in [2.45, 2.75) is 32.7 Å². The number of aryl methyl sites for hydroxylation is 1. The summed E-state index contributed by atoms with van der Waals surface area (Å²) in [5, 5.41) is 3.89. The fourth-order valence-electron chi connectivity index (χ4n) is 2.05. The summed E-state index contributed by atoms with van der Waals surface area (Å²) < 4.78 is 0. The molecule has 0 aliphatic heterocycles. The van der Waals surface area contributed by atoms with Crippen molar-refractivity contribution < 1.29 is 4.79 Å². The van der Waals surface area contributed by atoms with Gasteiger partial charge < -0.3 is 5.32 Å². The van der Waals surface area contributed by atoms with E-state index in [0.717, 1.165) is 23.0 Å². The van der Waals surface area contributed by atoms with Crippen molar-refractivity contribution >= 4 is 28.4 Å². The van der Waals surface area contributed by atoms with Crippen molar-refractivity contribution in [3.8, 4) is 0 Å². The minimum absolute atomic E-state index is 0.100. The average Bonchev–Trinajstić information content (AvgIpc) is 2.46. The van der Waals surface area contributed by atoms with Crippen molar-refractivity contribution in [2.24, 2.45) is 0 Å². The molecular formula is C16H19ClN2O. The fourth-order valence-corrected chi connectivity index (χ4v) is 2.31. The lowest BCUT2D eigenvalue weighted by Crippen LogP contribution is -2.47. The zero-order valence-electron chi connectivity index (χ0n) is 12.0. The molecule has 1 atom stereocenters. The second-order valence-electron chi connectivity index (χ2n) is 5.33. The Balaban J connectivity index is 2.44. The summed E-state index contributed by atoms with van der Waals surface area (Å²) in [6.07, 6.45) is 0.782. The lowest BCUT2D eigenvalue weighted by molar-refractivity contribution is 0.0914. The number of carbonyl (C=O) groups is 1. The Hall–Kier alpha value is -1.61. The molecule has 2 aromatic rings. The lowest BCUT2D eigenvalue weighted by Gasteiger charge is -2.27. The lowest BCUT2D eigenvalue weighted by atomic mass is 10.00. The van der Waals surface area contributed by atoms with Gasteiger partial charge in [0.25, 0.3) is 5.91 Å². The van der Waals surface area contributed by atoms with Crippen LogP contribution < -0.4 is 5.32 Å². The third-order valence-electron chi connectivity index (χ3n) is 3.58. The average molecular weight is 291 g/mol. The largest absolute Gasteiger partial charge is 0.346 e. The minimum Gasteiger partial charge on any atom is -0.346 e. The van der Waals surface area contributed by atoms with E-state index in [1.165, 1.54) is 0 Å². The molecule has 1 aromatic heterocycles. The Morgan fingerprint density at radius 1 is 1.40 bits per heavy atom. The predicted molar refractivity (Wildman–Crippen MR) is 83.4 cm³/mol. The number of hydrogen-bond donors (Lipinski definition) is 1. The van der Waals surface area contributed by atoms with Crippen molar-refractivity contribution in [3.63, 3.8) is 0 Å². The number of aromatic nitrogens is 1. The van der Waals surface area contributed by atoms with Gasteiger partial charge in [-0.2, -0.15) is 0 Å². The molecule has 0 spiro atoms. The van der Waals surface area contributed by atoms with Gasteiger partial charge in [-0.25, -0.2) is 0 Å². The highest BCUT2D eigenvalue weighted by molar-refractivity contribution is 6.19. The molecule has 2 rings (SSSR count). The number of halogens is 1. The van der Waals surface area contributed by atoms with Crippen LogP contribution in [0.5, 0.6) is 0 Å². The fraction of sp³-hybridized carbons (Fsp3) is 0.375. The van der Waals surface area contributed by atoms with Crippen LogP contribution in [0.4, 0.5) is 0 Å². The van der Waals surface area contributed by atoms with E-state index in [4.69, 9.17) is 11.6 Å². The Labute approximate surface area is 124 Å². The number of hydrogen-bond acceptors (Lipinski definition) is 2. The van der Waals surface area contributed by atoms with E-state index in [9.17, 15) is 4.79 Å². The summed E-state index contributed by atoms with van der Waals surface area (Å²) in [4.78, 5) is 17.0. The van der Waals surface area contributed by atoms with Gasteiger partial charge in [-0.15, -0.1) is 11.6 Å². The van der Waals surface area contributed by atoms with E-state index < -0.39 is 5.54 Å². The summed E-state index contributed by atoms with van der Waals surface area (Å²) in [6, 6.07) is 9.49. The molecule has 0 aliphatic carbocycles. The maximum absolute atomic E-state index is 12.5. The van der Waals surface area contributed by atoms with Crippen LogP contribution in [0.15, 0.2) is 30.3 Å². The maximum atomic E-state index is 12.5. The van der Waals surface area contributed by atoms with Crippen LogP contribution in [-0.4, -0.2) is 22.3 Å². The van der Waals surface area contributed by atoms with Crippen LogP contribution in [0.1, 0.15) is 36.3 Å². The monoisotopic (exact) mass is 290 g/mol. The molecule has 0 saturated carbocycles. The highest BCUT2D eigenvalue weighted by atomic mass is 35.5. The summed E-state index contributed by atoms with van der Waals surface area (Å²) >= 11 is 5.96. The SMILES string of the molecule is CCC(C)(CCl)NC(=O)c1cc(C)nc2ccccc12. The van der Waals surface area contributed by atoms with Crippen molar-refractivity contribution in [3.05, 3.63) is 41.6 Å². The van der Waals surface area contributed by atoms with Gasteiger partial charge in [0.15, 0.2) is 0 Å². The Morgan fingerprint density at radius 3 is 2.75 bits per heavy atom. The second kappa shape index (κ2) is 5.80. The number of nitrogens with one attached hydrogen (secondary N) is 1. The Kier molecular flexibility index (Phi) is 4.29. The molecule has 0 bridgehead atoms. The molecule has 1 unspecified atom stereocenters. The third-order valence-corrected chi connectivity index (χ3v) is 4.17. The molecule has 0 radical (unpaired) electrons. The summed E-state index contributed by atoms with van der Waals surface area (Å²) in [5.74, 6) is 0.286. The number of rotatable bonds is 4. The van der Waals surface area contributed by atoms with Crippen molar-refractivity contribution in [2.75, 3.05) is 5.88 Å². The molecule has 1 heterocycles. The van der Waals surface area contributed by atoms with Crippen LogP contribution in [0.25, 0.3) is 10.9 Å². The molecule has 0 aliphatic rings. The zero-order chi connectivity index (χ0) is 14.8. The number of nitrogens with zero attached hydrogens (tertiary/aromatic N) is 1. The van der Waals surface area contributed by atoms with E-state index in [-0.39, 0.29) is 5.91 Å². The summed E-state index contributed by atoms with van der Waals surface area (Å²) in [5.41, 5.74) is 1.93. The molecular weight excluding hydrogens is 272 g/mol. The number of carbonyl (C=O) groups excluding carboxylic acids is 1. The van der Waals surface area contributed by atoms with Crippen LogP contribution in [0, 0.1) is 6.92 Å². The minimum atomic E-state index is -0.392. The maximum Gasteiger partial charge on any atom is 0.252 e. The van der Waals surface area contributed by atoms with Crippen molar-refractivity contribution in [1.82, 2.24) is 10.3 Å². The molecule has 3 nitrogen and oxygen atoms in total. The molecule has 4 heteroatoms. The van der Waals surface area contributed by atoms with Crippen LogP contribution in [0.2, 0.25) is 0 Å². The molecule has 0 saturated heterocycles. The van der Waals surface area contributed by atoms with E-state index in [1.807, 2.05) is 51.1 Å². The number of para-hydroxylation sites is 1. The van der Waals surface area contributed by atoms with Gasteiger partial charge in [0.1, 0.15) is 0 Å².